The molecule has 1 unspecified atom stereocenters. The van der Waals surface area contributed by atoms with Crippen molar-refractivity contribution in [1.29, 1.82) is 0 Å². The van der Waals surface area contributed by atoms with Crippen molar-refractivity contribution in [3.8, 4) is 0 Å². The van der Waals surface area contributed by atoms with E-state index in [0.29, 0.717) is 19.5 Å². The molecule has 0 aromatic heterocycles. The monoisotopic (exact) mass is 214 g/mol. The van der Waals surface area contributed by atoms with Crippen molar-refractivity contribution in [2.24, 2.45) is 0 Å². The topological polar surface area (TPSA) is 58.6 Å². The summed E-state index contributed by atoms with van der Waals surface area (Å²) in [6.07, 6.45) is 0.0608. The quantitative estimate of drug-likeness (QED) is 0.737. The molecule has 1 aliphatic rings. The fourth-order valence-corrected chi connectivity index (χ4v) is 1.61. The van der Waals surface area contributed by atoms with Gasteiger partial charge in [0.15, 0.2) is 0 Å². The number of rotatable bonds is 2. The lowest BCUT2D eigenvalue weighted by Crippen LogP contribution is -2.57. The summed E-state index contributed by atoms with van der Waals surface area (Å²) >= 11 is 0. The Morgan fingerprint density at radius 3 is 2.87 bits per heavy atom. The van der Waals surface area contributed by atoms with Gasteiger partial charge in [-0.05, 0) is 20.3 Å². The minimum absolute atomic E-state index is 0.0931. The molecule has 15 heavy (non-hydrogen) atoms. The molecule has 5 nitrogen and oxygen atoms in total. The summed E-state index contributed by atoms with van der Waals surface area (Å²) < 4.78 is 5.08. The molecule has 1 aliphatic heterocycles. The van der Waals surface area contributed by atoms with Crippen LogP contribution in [0.25, 0.3) is 0 Å². The van der Waals surface area contributed by atoms with Crippen LogP contribution in [0.5, 0.6) is 0 Å². The average molecular weight is 214 g/mol. The van der Waals surface area contributed by atoms with Gasteiger partial charge >= 0.3 is 6.09 Å². The van der Waals surface area contributed by atoms with Crippen LogP contribution in [0.1, 0.15) is 27.2 Å². The third-order valence-electron chi connectivity index (χ3n) is 2.29. The zero-order valence-corrected chi connectivity index (χ0v) is 9.45. The molecule has 0 aromatic rings. The van der Waals surface area contributed by atoms with Gasteiger partial charge in [-0.1, -0.05) is 6.92 Å². The molecule has 1 saturated heterocycles. The van der Waals surface area contributed by atoms with E-state index in [9.17, 15) is 9.59 Å². The lowest BCUT2D eigenvalue weighted by Gasteiger charge is -2.34. The van der Waals surface area contributed by atoms with E-state index in [2.05, 4.69) is 5.32 Å². The largest absolute Gasteiger partial charge is 0.447 e. The Labute approximate surface area is 89.8 Å². The third kappa shape index (κ3) is 2.84. The molecule has 0 saturated carbocycles. The third-order valence-corrected chi connectivity index (χ3v) is 2.29. The van der Waals surface area contributed by atoms with Gasteiger partial charge in [0.2, 0.25) is 5.91 Å². The summed E-state index contributed by atoms with van der Waals surface area (Å²) in [5, 5.41) is 2.73. The van der Waals surface area contributed by atoms with Crippen molar-refractivity contribution in [3.63, 3.8) is 0 Å². The number of hydrogen-bond acceptors (Lipinski definition) is 3. The average Bonchev–Trinajstić information content (AvgIpc) is 2.16. The van der Waals surface area contributed by atoms with Gasteiger partial charge in [0.25, 0.3) is 0 Å². The minimum Gasteiger partial charge on any atom is -0.447 e. The van der Waals surface area contributed by atoms with Crippen LogP contribution in [0.2, 0.25) is 0 Å². The summed E-state index contributed by atoms with van der Waals surface area (Å²) in [6, 6.07) is -0.384. The Bertz CT molecular complexity index is 253. The Morgan fingerprint density at radius 1 is 1.67 bits per heavy atom. The number of nitrogens with zero attached hydrogens (tertiary/aromatic N) is 1. The molecule has 2 amide bonds. The SMILES string of the molecule is CCC1C(=O)NCCN1C(=O)OC(C)C. The van der Waals surface area contributed by atoms with E-state index in [1.165, 1.54) is 4.90 Å². The number of carbonyl (C=O) groups is 2. The van der Waals surface area contributed by atoms with Crippen LogP contribution in [0.4, 0.5) is 4.79 Å². The first-order chi connectivity index (χ1) is 7.06. The van der Waals surface area contributed by atoms with Gasteiger partial charge in [-0.3, -0.25) is 9.69 Å². The molecule has 1 fully saturated rings. The van der Waals surface area contributed by atoms with Crippen LogP contribution in [-0.4, -0.2) is 42.1 Å². The predicted octanol–water partition coefficient (Wildman–Crippen LogP) is 0.742. The summed E-state index contributed by atoms with van der Waals surface area (Å²) in [6.45, 7) is 6.50. The van der Waals surface area contributed by atoms with Crippen LogP contribution in [0.3, 0.4) is 0 Å². The highest BCUT2D eigenvalue weighted by molar-refractivity contribution is 5.86. The molecule has 1 rings (SSSR count). The molecule has 1 N–H and O–H groups in total. The van der Waals surface area contributed by atoms with Crippen molar-refractivity contribution in [2.45, 2.75) is 39.3 Å². The maximum Gasteiger partial charge on any atom is 0.410 e. The Morgan fingerprint density at radius 2 is 2.33 bits per heavy atom. The van der Waals surface area contributed by atoms with Gasteiger partial charge in [-0.2, -0.15) is 0 Å². The van der Waals surface area contributed by atoms with Gasteiger partial charge in [-0.15, -0.1) is 0 Å². The maximum atomic E-state index is 11.6. The number of amides is 2. The van der Waals surface area contributed by atoms with E-state index >= 15 is 0 Å². The highest BCUT2D eigenvalue weighted by Crippen LogP contribution is 2.10. The Kier molecular flexibility index (Phi) is 3.94. The molecule has 86 valence electrons. The van der Waals surface area contributed by atoms with Gasteiger partial charge in [0.1, 0.15) is 6.04 Å². The van der Waals surface area contributed by atoms with E-state index in [-0.39, 0.29) is 18.1 Å². The highest BCUT2D eigenvalue weighted by Gasteiger charge is 2.32. The zero-order chi connectivity index (χ0) is 11.4. The van der Waals surface area contributed by atoms with Gasteiger partial charge in [-0.25, -0.2) is 4.79 Å². The number of piperazine rings is 1. The number of hydrogen-bond donors (Lipinski definition) is 1. The normalized spacial score (nSPS) is 21.5. The van der Waals surface area contributed by atoms with Gasteiger partial charge < -0.3 is 10.1 Å². The van der Waals surface area contributed by atoms with E-state index in [4.69, 9.17) is 4.74 Å². The minimum atomic E-state index is -0.397. The smallest absolute Gasteiger partial charge is 0.410 e. The molecule has 0 aliphatic carbocycles. The fourth-order valence-electron chi connectivity index (χ4n) is 1.61. The lowest BCUT2D eigenvalue weighted by molar-refractivity contribution is -0.128. The van der Waals surface area contributed by atoms with E-state index in [1.807, 2.05) is 6.92 Å². The molecule has 5 heteroatoms. The predicted molar refractivity (Wildman–Crippen MR) is 55.4 cm³/mol. The fraction of sp³-hybridized carbons (Fsp3) is 0.800. The Hall–Kier alpha value is -1.26. The van der Waals surface area contributed by atoms with E-state index in [1.54, 1.807) is 13.8 Å². The maximum absolute atomic E-state index is 11.6. The molecule has 0 spiro atoms. The second-order valence-electron chi connectivity index (χ2n) is 3.84. The highest BCUT2D eigenvalue weighted by atomic mass is 16.6. The van der Waals surface area contributed by atoms with Crippen LogP contribution in [-0.2, 0) is 9.53 Å². The summed E-state index contributed by atoms with van der Waals surface area (Å²) in [5.41, 5.74) is 0. The summed E-state index contributed by atoms with van der Waals surface area (Å²) in [7, 11) is 0. The van der Waals surface area contributed by atoms with Crippen LogP contribution >= 0.6 is 0 Å². The van der Waals surface area contributed by atoms with Crippen LogP contribution in [0, 0.1) is 0 Å². The Balaban J connectivity index is 2.65. The van der Waals surface area contributed by atoms with E-state index in [0.717, 1.165) is 0 Å². The molecule has 0 aromatic carbocycles. The molecule has 0 radical (unpaired) electrons. The lowest BCUT2D eigenvalue weighted by atomic mass is 10.1. The molecular weight excluding hydrogens is 196 g/mol. The summed E-state index contributed by atoms with van der Waals surface area (Å²) in [4.78, 5) is 24.6. The van der Waals surface area contributed by atoms with Gasteiger partial charge in [0, 0.05) is 13.1 Å². The van der Waals surface area contributed by atoms with Crippen molar-refractivity contribution in [1.82, 2.24) is 10.2 Å². The number of carbonyl (C=O) groups excluding carboxylic acids is 2. The van der Waals surface area contributed by atoms with Crippen molar-refractivity contribution < 1.29 is 14.3 Å². The second kappa shape index (κ2) is 5.00. The van der Waals surface area contributed by atoms with Gasteiger partial charge in [0.05, 0.1) is 6.10 Å². The first-order valence-corrected chi connectivity index (χ1v) is 5.31. The van der Waals surface area contributed by atoms with E-state index < -0.39 is 6.09 Å². The molecular formula is C10H18N2O3. The second-order valence-corrected chi connectivity index (χ2v) is 3.84. The molecule has 1 atom stereocenters. The molecule has 1 heterocycles. The summed E-state index contributed by atoms with van der Waals surface area (Å²) in [5.74, 6) is -0.0931. The number of ether oxygens (including phenoxy) is 1. The molecule has 0 bridgehead atoms. The van der Waals surface area contributed by atoms with Crippen LogP contribution in [0.15, 0.2) is 0 Å². The zero-order valence-electron chi connectivity index (χ0n) is 9.45. The van der Waals surface area contributed by atoms with Crippen LogP contribution < -0.4 is 5.32 Å². The van der Waals surface area contributed by atoms with Crippen molar-refractivity contribution in [3.05, 3.63) is 0 Å². The number of nitrogens with one attached hydrogen (secondary N) is 1. The first-order valence-electron chi connectivity index (χ1n) is 5.31. The van der Waals surface area contributed by atoms with Crippen molar-refractivity contribution >= 4 is 12.0 Å². The first kappa shape index (κ1) is 11.8. The standard InChI is InChI=1S/C10H18N2O3/c1-4-8-9(13)11-5-6-12(8)10(14)15-7(2)3/h7-8H,4-6H2,1-3H3,(H,11,13). The van der Waals surface area contributed by atoms with Crippen molar-refractivity contribution in [2.75, 3.05) is 13.1 Å².